The summed E-state index contributed by atoms with van der Waals surface area (Å²) in [6.07, 6.45) is 0.576. The summed E-state index contributed by atoms with van der Waals surface area (Å²) < 4.78 is 5.50. The summed E-state index contributed by atoms with van der Waals surface area (Å²) in [4.78, 5) is 21.6. The van der Waals surface area contributed by atoms with E-state index in [2.05, 4.69) is 35.4 Å². The summed E-state index contributed by atoms with van der Waals surface area (Å²) in [5, 5.41) is 16.0. The van der Waals surface area contributed by atoms with Crippen LogP contribution in [0.5, 0.6) is 0 Å². The first-order chi connectivity index (χ1) is 15.9. The molecule has 0 aliphatic carbocycles. The standard InChI is InChI=1S/C25H35N5O3/c1-17-6-7-30(16-17)25(32)27-21-5-4-18(2)22(14-21)20-12-23(26-15-19(3)31)28-24(13-20)29-8-10-33-11-9-29/h4-5,12-14,17,19,31H,6-11,15-16H2,1-3H3,(H,26,28)(H,27,32)/t17-,19+/m1/s1. The molecule has 2 aliphatic heterocycles. The number of carbonyl (C=O) groups is 1. The van der Waals surface area contributed by atoms with Gasteiger partial charge in [0.15, 0.2) is 0 Å². The molecule has 178 valence electrons. The third-order valence-corrected chi connectivity index (χ3v) is 6.24. The number of aliphatic hydroxyl groups is 1. The first-order valence-corrected chi connectivity index (χ1v) is 11.8. The molecule has 2 fully saturated rings. The number of hydrogen-bond donors (Lipinski definition) is 3. The molecule has 1 aromatic heterocycles. The van der Waals surface area contributed by atoms with E-state index in [1.807, 2.05) is 29.2 Å². The molecule has 0 spiro atoms. The molecule has 8 heteroatoms. The number of ether oxygens (including phenoxy) is 1. The summed E-state index contributed by atoms with van der Waals surface area (Å²) in [6.45, 7) is 10.9. The van der Waals surface area contributed by atoms with Gasteiger partial charge >= 0.3 is 6.03 Å². The fourth-order valence-electron chi connectivity index (χ4n) is 4.30. The van der Waals surface area contributed by atoms with Crippen molar-refractivity contribution >= 4 is 23.4 Å². The van der Waals surface area contributed by atoms with E-state index in [0.717, 1.165) is 66.6 Å². The molecule has 3 heterocycles. The quantitative estimate of drug-likeness (QED) is 0.620. The molecule has 0 saturated carbocycles. The van der Waals surface area contributed by atoms with Gasteiger partial charge in [0.1, 0.15) is 11.6 Å². The highest BCUT2D eigenvalue weighted by Gasteiger charge is 2.23. The van der Waals surface area contributed by atoms with Crippen LogP contribution in [0.3, 0.4) is 0 Å². The monoisotopic (exact) mass is 453 g/mol. The minimum Gasteiger partial charge on any atom is -0.392 e. The Morgan fingerprint density at radius 3 is 2.73 bits per heavy atom. The second-order valence-corrected chi connectivity index (χ2v) is 9.23. The maximum Gasteiger partial charge on any atom is 0.321 e. The zero-order chi connectivity index (χ0) is 23.4. The Labute approximate surface area is 195 Å². The van der Waals surface area contributed by atoms with Gasteiger partial charge in [0.05, 0.1) is 19.3 Å². The van der Waals surface area contributed by atoms with E-state index in [1.54, 1.807) is 6.92 Å². The second-order valence-electron chi connectivity index (χ2n) is 9.23. The highest BCUT2D eigenvalue weighted by atomic mass is 16.5. The van der Waals surface area contributed by atoms with Gasteiger partial charge in [-0.25, -0.2) is 9.78 Å². The smallest absolute Gasteiger partial charge is 0.321 e. The number of amides is 2. The average Bonchev–Trinajstić information content (AvgIpc) is 3.26. The molecule has 2 aliphatic rings. The van der Waals surface area contributed by atoms with Crippen molar-refractivity contribution in [1.29, 1.82) is 0 Å². The number of likely N-dealkylation sites (tertiary alicyclic amines) is 1. The number of aliphatic hydroxyl groups excluding tert-OH is 1. The molecule has 2 aromatic rings. The Hall–Kier alpha value is -2.84. The number of nitrogens with one attached hydrogen (secondary N) is 2. The van der Waals surface area contributed by atoms with Crippen LogP contribution in [0.2, 0.25) is 0 Å². The minimum atomic E-state index is -0.476. The van der Waals surface area contributed by atoms with Gasteiger partial charge in [-0.05, 0) is 67.1 Å². The van der Waals surface area contributed by atoms with E-state index < -0.39 is 6.10 Å². The van der Waals surface area contributed by atoms with Crippen molar-refractivity contribution < 1.29 is 14.6 Å². The van der Waals surface area contributed by atoms with Gasteiger partial charge in [0.25, 0.3) is 0 Å². The van der Waals surface area contributed by atoms with Crippen molar-refractivity contribution in [1.82, 2.24) is 9.88 Å². The Bertz CT molecular complexity index is 975. The predicted molar refractivity (Wildman–Crippen MR) is 132 cm³/mol. The van der Waals surface area contributed by atoms with Crippen LogP contribution in [0.4, 0.5) is 22.1 Å². The lowest BCUT2D eigenvalue weighted by molar-refractivity contribution is 0.122. The number of aromatic nitrogens is 1. The summed E-state index contributed by atoms with van der Waals surface area (Å²) in [6, 6.07) is 10.1. The van der Waals surface area contributed by atoms with Gasteiger partial charge < -0.3 is 30.3 Å². The van der Waals surface area contributed by atoms with Crippen molar-refractivity contribution in [3.63, 3.8) is 0 Å². The summed E-state index contributed by atoms with van der Waals surface area (Å²) in [5.41, 5.74) is 3.95. The predicted octanol–water partition coefficient (Wildman–Crippen LogP) is 3.56. The van der Waals surface area contributed by atoms with E-state index in [0.29, 0.717) is 25.7 Å². The number of rotatable bonds is 6. The van der Waals surface area contributed by atoms with Crippen LogP contribution in [0.15, 0.2) is 30.3 Å². The lowest BCUT2D eigenvalue weighted by Gasteiger charge is -2.28. The van der Waals surface area contributed by atoms with Crippen LogP contribution in [0.25, 0.3) is 11.1 Å². The number of morpholine rings is 1. The molecule has 0 bridgehead atoms. The maximum atomic E-state index is 12.7. The largest absolute Gasteiger partial charge is 0.392 e. The van der Waals surface area contributed by atoms with Gasteiger partial charge in [-0.15, -0.1) is 0 Å². The topological polar surface area (TPSA) is 90.0 Å². The summed E-state index contributed by atoms with van der Waals surface area (Å²) in [5.74, 6) is 2.14. The number of nitrogens with zero attached hydrogens (tertiary/aromatic N) is 3. The number of hydrogen-bond acceptors (Lipinski definition) is 6. The minimum absolute atomic E-state index is 0.0443. The molecular weight excluding hydrogens is 418 g/mol. The lowest BCUT2D eigenvalue weighted by atomic mass is 10.00. The zero-order valence-corrected chi connectivity index (χ0v) is 19.8. The van der Waals surface area contributed by atoms with Crippen LogP contribution in [0, 0.1) is 12.8 Å². The van der Waals surface area contributed by atoms with E-state index in [4.69, 9.17) is 9.72 Å². The number of benzene rings is 1. The van der Waals surface area contributed by atoms with Crippen LogP contribution < -0.4 is 15.5 Å². The molecule has 0 unspecified atom stereocenters. The van der Waals surface area contributed by atoms with Crippen molar-refractivity contribution in [2.75, 3.05) is 61.5 Å². The van der Waals surface area contributed by atoms with Gasteiger partial charge in [-0.3, -0.25) is 0 Å². The van der Waals surface area contributed by atoms with Gasteiger partial charge in [-0.1, -0.05) is 13.0 Å². The number of pyridine rings is 1. The third-order valence-electron chi connectivity index (χ3n) is 6.24. The van der Waals surface area contributed by atoms with Gasteiger partial charge in [0, 0.05) is 38.4 Å². The van der Waals surface area contributed by atoms with Crippen molar-refractivity contribution in [3.8, 4) is 11.1 Å². The molecule has 3 N–H and O–H groups in total. The van der Waals surface area contributed by atoms with Crippen molar-refractivity contribution in [3.05, 3.63) is 35.9 Å². The van der Waals surface area contributed by atoms with Crippen LogP contribution in [-0.4, -0.2) is 73.1 Å². The third kappa shape index (κ3) is 5.94. The number of anilines is 3. The first kappa shape index (κ1) is 23.3. The molecule has 4 rings (SSSR count). The van der Waals surface area contributed by atoms with Gasteiger partial charge in [-0.2, -0.15) is 0 Å². The fourth-order valence-corrected chi connectivity index (χ4v) is 4.30. The highest BCUT2D eigenvalue weighted by molar-refractivity contribution is 5.91. The van der Waals surface area contributed by atoms with Gasteiger partial charge in [0.2, 0.25) is 0 Å². The Morgan fingerprint density at radius 2 is 2.03 bits per heavy atom. The molecule has 1 aromatic carbocycles. The van der Waals surface area contributed by atoms with Crippen LogP contribution in [-0.2, 0) is 4.74 Å². The molecule has 2 saturated heterocycles. The summed E-state index contributed by atoms with van der Waals surface area (Å²) >= 11 is 0. The Balaban J connectivity index is 1.62. The van der Waals surface area contributed by atoms with E-state index >= 15 is 0 Å². The Morgan fingerprint density at radius 1 is 1.24 bits per heavy atom. The molecule has 2 atom stereocenters. The highest BCUT2D eigenvalue weighted by Crippen LogP contribution is 2.31. The number of aryl methyl sites for hydroxylation is 1. The Kier molecular flexibility index (Phi) is 7.35. The molecule has 2 amide bonds. The molecule has 8 nitrogen and oxygen atoms in total. The molecular formula is C25H35N5O3. The van der Waals surface area contributed by atoms with E-state index in [9.17, 15) is 9.90 Å². The lowest BCUT2D eigenvalue weighted by Crippen LogP contribution is -2.36. The fraction of sp³-hybridized carbons (Fsp3) is 0.520. The van der Waals surface area contributed by atoms with Crippen LogP contribution in [0.1, 0.15) is 25.8 Å². The van der Waals surface area contributed by atoms with Crippen molar-refractivity contribution in [2.24, 2.45) is 5.92 Å². The van der Waals surface area contributed by atoms with E-state index in [-0.39, 0.29) is 6.03 Å². The first-order valence-electron chi connectivity index (χ1n) is 11.8. The number of carbonyl (C=O) groups excluding carboxylic acids is 1. The van der Waals surface area contributed by atoms with Crippen molar-refractivity contribution in [2.45, 2.75) is 33.3 Å². The second kappa shape index (κ2) is 10.4. The molecule has 0 radical (unpaired) electrons. The summed E-state index contributed by atoms with van der Waals surface area (Å²) in [7, 11) is 0. The average molecular weight is 454 g/mol. The maximum absolute atomic E-state index is 12.7. The van der Waals surface area contributed by atoms with E-state index in [1.165, 1.54) is 0 Å². The SMILES string of the molecule is Cc1ccc(NC(=O)N2CC[C@@H](C)C2)cc1-c1cc(NC[C@H](C)O)nc(N2CCOCC2)c1. The normalized spacial score (nSPS) is 19.5. The molecule has 33 heavy (non-hydrogen) atoms. The van der Waals surface area contributed by atoms with Crippen LogP contribution >= 0.6 is 0 Å². The zero-order valence-electron chi connectivity index (χ0n) is 19.8. The number of urea groups is 1.